The maximum Gasteiger partial charge on any atom is 0.410 e. The lowest BCUT2D eigenvalue weighted by atomic mass is 9.88. The zero-order chi connectivity index (χ0) is 16.5. The quantitative estimate of drug-likeness (QED) is 0.834. The highest BCUT2D eigenvalue weighted by atomic mass is 16.6. The standard InChI is InChI=1S/C17H23NO4/c1-11-6-5-7-12(8-11)13-9-18(10-14(13)15(19)20)16(21)22-17(2,3)4/h5-8,13-14H,9-10H2,1-4H3,(H,19,20)/p-1/t13-,14+/m0/s1. The molecule has 1 aromatic carbocycles. The minimum absolute atomic E-state index is 0.121. The lowest BCUT2D eigenvalue weighted by molar-refractivity contribution is -0.311. The molecule has 1 aliphatic rings. The van der Waals surface area contributed by atoms with Crippen LogP contribution in [0.1, 0.15) is 37.8 Å². The highest BCUT2D eigenvalue weighted by Crippen LogP contribution is 2.33. The van der Waals surface area contributed by atoms with E-state index in [-0.39, 0.29) is 12.5 Å². The number of carbonyl (C=O) groups is 2. The Bertz CT molecular complexity index is 576. The number of hydrogen-bond donors (Lipinski definition) is 0. The summed E-state index contributed by atoms with van der Waals surface area (Å²) in [4.78, 5) is 25.1. The van der Waals surface area contributed by atoms with Gasteiger partial charge in [-0.15, -0.1) is 0 Å². The molecule has 0 radical (unpaired) electrons. The molecule has 2 atom stereocenters. The van der Waals surface area contributed by atoms with Crippen molar-refractivity contribution in [3.05, 3.63) is 35.4 Å². The molecule has 1 amide bonds. The van der Waals surface area contributed by atoms with Crippen molar-refractivity contribution >= 4 is 12.1 Å². The van der Waals surface area contributed by atoms with E-state index in [9.17, 15) is 14.7 Å². The van der Waals surface area contributed by atoms with Gasteiger partial charge in [-0.2, -0.15) is 0 Å². The van der Waals surface area contributed by atoms with Crippen molar-refractivity contribution in [2.75, 3.05) is 13.1 Å². The molecule has 1 aromatic rings. The summed E-state index contributed by atoms with van der Waals surface area (Å²) in [6.45, 7) is 7.77. The zero-order valence-electron chi connectivity index (χ0n) is 13.5. The fraction of sp³-hybridized carbons (Fsp3) is 0.529. The number of likely N-dealkylation sites (tertiary alicyclic amines) is 1. The molecule has 0 aromatic heterocycles. The monoisotopic (exact) mass is 304 g/mol. The van der Waals surface area contributed by atoms with Crippen molar-refractivity contribution in [1.29, 1.82) is 0 Å². The molecule has 22 heavy (non-hydrogen) atoms. The van der Waals surface area contributed by atoms with Crippen LogP contribution in [0.3, 0.4) is 0 Å². The molecular weight excluding hydrogens is 282 g/mol. The van der Waals surface area contributed by atoms with Crippen molar-refractivity contribution in [2.24, 2.45) is 5.92 Å². The minimum atomic E-state index is -1.13. The summed E-state index contributed by atoms with van der Waals surface area (Å²) >= 11 is 0. The van der Waals surface area contributed by atoms with Crippen LogP contribution in [0.5, 0.6) is 0 Å². The van der Waals surface area contributed by atoms with E-state index in [2.05, 4.69) is 0 Å². The van der Waals surface area contributed by atoms with Gasteiger partial charge in [0.1, 0.15) is 5.60 Å². The molecule has 120 valence electrons. The van der Waals surface area contributed by atoms with Gasteiger partial charge in [-0.1, -0.05) is 29.8 Å². The number of carbonyl (C=O) groups excluding carboxylic acids is 2. The van der Waals surface area contributed by atoms with Crippen LogP contribution in [0.4, 0.5) is 4.79 Å². The zero-order valence-corrected chi connectivity index (χ0v) is 13.5. The maximum atomic E-state index is 12.2. The van der Waals surface area contributed by atoms with Crippen molar-refractivity contribution in [2.45, 2.75) is 39.2 Å². The number of amides is 1. The smallest absolute Gasteiger partial charge is 0.410 e. The van der Waals surface area contributed by atoms with Crippen molar-refractivity contribution < 1.29 is 19.4 Å². The van der Waals surface area contributed by atoms with Crippen LogP contribution in [0.15, 0.2) is 24.3 Å². The summed E-state index contributed by atoms with van der Waals surface area (Å²) < 4.78 is 5.33. The molecule has 1 saturated heterocycles. The Morgan fingerprint density at radius 2 is 1.95 bits per heavy atom. The van der Waals surface area contributed by atoms with Gasteiger partial charge in [-0.25, -0.2) is 4.79 Å². The Labute approximate surface area is 130 Å². The molecule has 1 fully saturated rings. The number of benzene rings is 1. The van der Waals surface area contributed by atoms with Gasteiger partial charge in [0.05, 0.1) is 0 Å². The Morgan fingerprint density at radius 1 is 1.27 bits per heavy atom. The van der Waals surface area contributed by atoms with Gasteiger partial charge in [-0.05, 0) is 33.3 Å². The van der Waals surface area contributed by atoms with Gasteiger partial charge in [0.2, 0.25) is 0 Å². The van der Waals surface area contributed by atoms with Gasteiger partial charge < -0.3 is 19.5 Å². The van der Waals surface area contributed by atoms with Gasteiger partial charge in [-0.3, -0.25) is 0 Å². The van der Waals surface area contributed by atoms with Crippen LogP contribution in [0, 0.1) is 12.8 Å². The highest BCUT2D eigenvalue weighted by molar-refractivity contribution is 5.74. The predicted molar refractivity (Wildman–Crippen MR) is 80.2 cm³/mol. The number of aliphatic carboxylic acids is 1. The molecule has 1 heterocycles. The molecule has 5 nitrogen and oxygen atoms in total. The first-order valence-electron chi connectivity index (χ1n) is 7.43. The first-order chi connectivity index (χ1) is 10.2. The van der Waals surface area contributed by atoms with Crippen LogP contribution in [0.2, 0.25) is 0 Å². The summed E-state index contributed by atoms with van der Waals surface area (Å²) in [5, 5.41) is 11.4. The van der Waals surface area contributed by atoms with E-state index in [4.69, 9.17) is 4.74 Å². The third-order valence-electron chi connectivity index (χ3n) is 3.74. The van der Waals surface area contributed by atoms with Crippen molar-refractivity contribution in [1.82, 2.24) is 4.90 Å². The van der Waals surface area contributed by atoms with E-state index in [1.807, 2.05) is 31.2 Å². The van der Waals surface area contributed by atoms with Gasteiger partial charge in [0.25, 0.3) is 0 Å². The third-order valence-corrected chi connectivity index (χ3v) is 3.74. The Kier molecular flexibility index (Phi) is 4.44. The summed E-state index contributed by atoms with van der Waals surface area (Å²) in [6.07, 6.45) is -0.478. The highest BCUT2D eigenvalue weighted by Gasteiger charge is 2.38. The average Bonchev–Trinajstić information content (AvgIpc) is 2.82. The second-order valence-corrected chi connectivity index (χ2v) is 6.83. The lowest BCUT2D eigenvalue weighted by Gasteiger charge is -2.24. The van der Waals surface area contributed by atoms with Crippen molar-refractivity contribution in [3.8, 4) is 0 Å². The number of ether oxygens (including phenoxy) is 1. The van der Waals surface area contributed by atoms with E-state index < -0.39 is 23.6 Å². The van der Waals surface area contributed by atoms with E-state index in [1.54, 1.807) is 20.8 Å². The Balaban J connectivity index is 2.20. The summed E-state index contributed by atoms with van der Waals surface area (Å²) in [6, 6.07) is 7.71. The average molecular weight is 304 g/mol. The number of carboxylic acids is 1. The van der Waals surface area contributed by atoms with E-state index in [0.717, 1.165) is 11.1 Å². The molecule has 5 heteroatoms. The predicted octanol–water partition coefficient (Wildman–Crippen LogP) is 1.70. The maximum absolute atomic E-state index is 12.2. The van der Waals surface area contributed by atoms with Crippen LogP contribution in [-0.4, -0.2) is 35.7 Å². The Morgan fingerprint density at radius 3 is 2.50 bits per heavy atom. The topological polar surface area (TPSA) is 69.7 Å². The molecule has 0 aliphatic carbocycles. The fourth-order valence-electron chi connectivity index (χ4n) is 2.76. The first kappa shape index (κ1) is 16.3. The molecule has 1 aliphatic heterocycles. The molecule has 0 spiro atoms. The second-order valence-electron chi connectivity index (χ2n) is 6.83. The number of carboxylic acid groups (broad SMARTS) is 1. The Hall–Kier alpha value is -2.04. The first-order valence-corrected chi connectivity index (χ1v) is 7.43. The summed E-state index contributed by atoms with van der Waals surface area (Å²) in [5.41, 5.74) is 1.38. The van der Waals surface area contributed by atoms with Gasteiger partial charge in [0, 0.05) is 30.9 Å². The molecule has 0 bridgehead atoms. The van der Waals surface area contributed by atoms with Crippen LogP contribution in [-0.2, 0) is 9.53 Å². The summed E-state index contributed by atoms with van der Waals surface area (Å²) in [5.74, 6) is -2.11. The molecule has 0 N–H and O–H groups in total. The molecule has 0 unspecified atom stereocenters. The summed E-state index contributed by atoms with van der Waals surface area (Å²) in [7, 11) is 0. The molecule has 2 rings (SSSR count). The van der Waals surface area contributed by atoms with Crippen LogP contribution < -0.4 is 5.11 Å². The number of rotatable bonds is 2. The SMILES string of the molecule is Cc1cccc([C@@H]2CN(C(=O)OC(C)(C)C)C[C@H]2C(=O)[O-])c1. The van der Waals surface area contributed by atoms with Crippen LogP contribution in [0.25, 0.3) is 0 Å². The number of nitrogens with zero attached hydrogens (tertiary/aromatic N) is 1. The number of hydrogen-bond acceptors (Lipinski definition) is 4. The van der Waals surface area contributed by atoms with Gasteiger partial charge >= 0.3 is 6.09 Å². The minimum Gasteiger partial charge on any atom is -0.550 e. The fourth-order valence-corrected chi connectivity index (χ4v) is 2.76. The molecule has 0 saturated carbocycles. The van der Waals surface area contributed by atoms with Gasteiger partial charge in [0.15, 0.2) is 0 Å². The number of aryl methyl sites for hydroxylation is 1. The third kappa shape index (κ3) is 3.78. The lowest BCUT2D eigenvalue weighted by Crippen LogP contribution is -2.38. The van der Waals surface area contributed by atoms with Crippen molar-refractivity contribution in [3.63, 3.8) is 0 Å². The van der Waals surface area contributed by atoms with E-state index in [0.29, 0.717) is 6.54 Å². The van der Waals surface area contributed by atoms with E-state index >= 15 is 0 Å². The van der Waals surface area contributed by atoms with E-state index in [1.165, 1.54) is 4.90 Å². The second kappa shape index (κ2) is 5.99. The van der Waals surface area contributed by atoms with Crippen LogP contribution >= 0.6 is 0 Å². The largest absolute Gasteiger partial charge is 0.550 e. The molecular formula is C17H22NO4-. The normalized spacial score (nSPS) is 21.7.